The van der Waals surface area contributed by atoms with Crippen LogP contribution in [0, 0.1) is 0 Å². The molecule has 1 aliphatic heterocycles. The Bertz CT molecular complexity index is 954. The fourth-order valence-electron chi connectivity index (χ4n) is 3.09. The first-order valence-electron chi connectivity index (χ1n) is 9.67. The van der Waals surface area contributed by atoms with Gasteiger partial charge in [-0.1, -0.05) is 48.5 Å². The second kappa shape index (κ2) is 9.15. The molecule has 3 aromatic rings. The second-order valence-electron chi connectivity index (χ2n) is 6.88. The van der Waals surface area contributed by atoms with Gasteiger partial charge in [-0.25, -0.2) is 0 Å². The highest BCUT2D eigenvalue weighted by Crippen LogP contribution is 2.32. The average molecular weight is 389 g/mol. The van der Waals surface area contributed by atoms with Gasteiger partial charge >= 0.3 is 0 Å². The van der Waals surface area contributed by atoms with Crippen molar-refractivity contribution in [2.75, 3.05) is 6.79 Å². The standard InChI is InChI=1S/C24H23NO4/c26-24(13-9-18-8-12-22-23(14-18)29-17-28-22)25-15-19-6-10-21(11-7-19)27-16-20-4-2-1-3-5-20/h1-8,10-12,14H,9,13,15-17H2,(H,25,26). The maximum absolute atomic E-state index is 12.2. The molecule has 0 unspecified atom stereocenters. The molecule has 0 aromatic heterocycles. The zero-order chi connectivity index (χ0) is 19.9. The molecular weight excluding hydrogens is 366 g/mol. The molecule has 0 saturated heterocycles. The number of benzene rings is 3. The highest BCUT2D eigenvalue weighted by molar-refractivity contribution is 5.76. The lowest BCUT2D eigenvalue weighted by molar-refractivity contribution is -0.121. The first-order valence-corrected chi connectivity index (χ1v) is 9.67. The van der Waals surface area contributed by atoms with Crippen molar-refractivity contribution in [3.63, 3.8) is 0 Å². The molecule has 0 radical (unpaired) electrons. The Hall–Kier alpha value is -3.47. The number of hydrogen-bond donors (Lipinski definition) is 1. The van der Waals surface area contributed by atoms with Gasteiger partial charge in [-0.3, -0.25) is 4.79 Å². The zero-order valence-electron chi connectivity index (χ0n) is 16.1. The van der Waals surface area contributed by atoms with Crippen LogP contribution in [0.2, 0.25) is 0 Å². The van der Waals surface area contributed by atoms with E-state index in [2.05, 4.69) is 5.32 Å². The molecule has 1 aliphatic rings. The smallest absolute Gasteiger partial charge is 0.231 e. The van der Waals surface area contributed by atoms with E-state index in [1.165, 1.54) is 0 Å². The van der Waals surface area contributed by atoms with Crippen LogP contribution in [-0.4, -0.2) is 12.7 Å². The normalized spacial score (nSPS) is 11.9. The van der Waals surface area contributed by atoms with Crippen LogP contribution in [0.1, 0.15) is 23.1 Å². The minimum Gasteiger partial charge on any atom is -0.489 e. The van der Waals surface area contributed by atoms with Crippen molar-refractivity contribution in [1.29, 1.82) is 0 Å². The van der Waals surface area contributed by atoms with Crippen molar-refractivity contribution in [1.82, 2.24) is 5.32 Å². The number of hydrogen-bond acceptors (Lipinski definition) is 4. The summed E-state index contributed by atoms with van der Waals surface area (Å²) in [5.41, 5.74) is 3.23. The molecule has 5 heteroatoms. The summed E-state index contributed by atoms with van der Waals surface area (Å²) >= 11 is 0. The topological polar surface area (TPSA) is 56.8 Å². The molecule has 0 spiro atoms. The zero-order valence-corrected chi connectivity index (χ0v) is 16.1. The number of aryl methyl sites for hydroxylation is 1. The maximum atomic E-state index is 12.2. The summed E-state index contributed by atoms with van der Waals surface area (Å²) in [4.78, 5) is 12.2. The molecule has 0 atom stereocenters. The Morgan fingerprint density at radius 2 is 1.62 bits per heavy atom. The number of ether oxygens (including phenoxy) is 3. The minimum atomic E-state index is 0.0204. The summed E-state index contributed by atoms with van der Waals surface area (Å²) in [7, 11) is 0. The highest BCUT2D eigenvalue weighted by atomic mass is 16.7. The summed E-state index contributed by atoms with van der Waals surface area (Å²) in [6, 6.07) is 23.6. The molecule has 0 saturated carbocycles. The lowest BCUT2D eigenvalue weighted by atomic mass is 10.1. The maximum Gasteiger partial charge on any atom is 0.231 e. The third-order valence-electron chi connectivity index (χ3n) is 4.74. The van der Waals surface area contributed by atoms with Crippen molar-refractivity contribution < 1.29 is 19.0 Å². The Morgan fingerprint density at radius 3 is 2.45 bits per heavy atom. The Morgan fingerprint density at radius 1 is 0.862 bits per heavy atom. The van der Waals surface area contributed by atoms with Crippen molar-refractivity contribution in [3.8, 4) is 17.2 Å². The largest absolute Gasteiger partial charge is 0.489 e. The minimum absolute atomic E-state index is 0.0204. The average Bonchev–Trinajstić information content (AvgIpc) is 3.24. The van der Waals surface area contributed by atoms with Crippen molar-refractivity contribution in [2.45, 2.75) is 26.0 Å². The van der Waals surface area contributed by atoms with Crippen molar-refractivity contribution >= 4 is 5.91 Å². The summed E-state index contributed by atoms with van der Waals surface area (Å²) in [5.74, 6) is 2.34. The van der Waals surface area contributed by atoms with Crippen molar-refractivity contribution in [2.24, 2.45) is 0 Å². The molecule has 5 nitrogen and oxygen atoms in total. The SMILES string of the molecule is O=C(CCc1ccc2c(c1)OCO2)NCc1ccc(OCc2ccccc2)cc1. The number of fused-ring (bicyclic) bond motifs is 1. The molecule has 4 rings (SSSR count). The fourth-order valence-corrected chi connectivity index (χ4v) is 3.09. The van der Waals surface area contributed by atoms with Gasteiger partial charge in [0.05, 0.1) is 0 Å². The summed E-state index contributed by atoms with van der Waals surface area (Å²) in [6.45, 7) is 1.30. The summed E-state index contributed by atoms with van der Waals surface area (Å²) in [5, 5.41) is 2.96. The molecular formula is C24H23NO4. The van der Waals surface area contributed by atoms with E-state index >= 15 is 0 Å². The van der Waals surface area contributed by atoms with Crippen LogP contribution in [-0.2, 0) is 24.4 Å². The number of rotatable bonds is 8. The van der Waals surface area contributed by atoms with Gasteiger partial charge in [-0.05, 0) is 47.4 Å². The van der Waals surface area contributed by atoms with Gasteiger partial charge in [0.15, 0.2) is 11.5 Å². The Balaban J connectivity index is 1.20. The Kier molecular flexibility index (Phi) is 5.95. The van der Waals surface area contributed by atoms with Gasteiger partial charge in [0, 0.05) is 13.0 Å². The molecule has 0 aliphatic carbocycles. The fraction of sp³-hybridized carbons (Fsp3) is 0.208. The quantitative estimate of drug-likeness (QED) is 0.626. The molecule has 3 aromatic carbocycles. The highest BCUT2D eigenvalue weighted by Gasteiger charge is 2.13. The monoisotopic (exact) mass is 389 g/mol. The van der Waals surface area contributed by atoms with E-state index in [1.807, 2.05) is 72.8 Å². The molecule has 0 fully saturated rings. The molecule has 1 heterocycles. The van der Waals surface area contributed by atoms with Crippen LogP contribution in [0.5, 0.6) is 17.2 Å². The molecule has 29 heavy (non-hydrogen) atoms. The van der Waals surface area contributed by atoms with E-state index in [1.54, 1.807) is 0 Å². The van der Waals surface area contributed by atoms with Gasteiger partial charge in [0.25, 0.3) is 0 Å². The van der Waals surface area contributed by atoms with Crippen LogP contribution >= 0.6 is 0 Å². The predicted octanol–water partition coefficient (Wildman–Crippen LogP) is 4.24. The van der Waals surface area contributed by atoms with E-state index in [0.29, 0.717) is 26.0 Å². The van der Waals surface area contributed by atoms with E-state index < -0.39 is 0 Å². The summed E-state index contributed by atoms with van der Waals surface area (Å²) < 4.78 is 16.5. The van der Waals surface area contributed by atoms with Crippen LogP contribution in [0.15, 0.2) is 72.8 Å². The van der Waals surface area contributed by atoms with Crippen LogP contribution in [0.4, 0.5) is 0 Å². The number of carbonyl (C=O) groups excluding carboxylic acids is 1. The van der Waals surface area contributed by atoms with E-state index in [9.17, 15) is 4.79 Å². The first kappa shape index (κ1) is 18.9. The molecule has 148 valence electrons. The van der Waals surface area contributed by atoms with Crippen LogP contribution < -0.4 is 19.5 Å². The third-order valence-corrected chi connectivity index (χ3v) is 4.74. The van der Waals surface area contributed by atoms with Crippen LogP contribution in [0.25, 0.3) is 0 Å². The first-order chi connectivity index (χ1) is 14.3. The van der Waals surface area contributed by atoms with E-state index in [4.69, 9.17) is 14.2 Å². The molecule has 1 amide bonds. The van der Waals surface area contributed by atoms with Gasteiger partial charge in [-0.2, -0.15) is 0 Å². The van der Waals surface area contributed by atoms with Gasteiger partial charge < -0.3 is 19.5 Å². The lowest BCUT2D eigenvalue weighted by Crippen LogP contribution is -2.22. The lowest BCUT2D eigenvalue weighted by Gasteiger charge is -2.09. The Labute approximate surface area is 170 Å². The van der Waals surface area contributed by atoms with Gasteiger partial charge in [0.1, 0.15) is 12.4 Å². The van der Waals surface area contributed by atoms with E-state index in [0.717, 1.165) is 33.9 Å². The van der Waals surface area contributed by atoms with Gasteiger partial charge in [-0.15, -0.1) is 0 Å². The third kappa shape index (κ3) is 5.29. The second-order valence-corrected chi connectivity index (χ2v) is 6.88. The molecule has 0 bridgehead atoms. The summed E-state index contributed by atoms with van der Waals surface area (Å²) in [6.07, 6.45) is 1.09. The molecule has 1 N–H and O–H groups in total. The number of carbonyl (C=O) groups is 1. The predicted molar refractivity (Wildman–Crippen MR) is 110 cm³/mol. The van der Waals surface area contributed by atoms with Gasteiger partial charge in [0.2, 0.25) is 12.7 Å². The van der Waals surface area contributed by atoms with Crippen LogP contribution in [0.3, 0.4) is 0 Å². The van der Waals surface area contributed by atoms with E-state index in [-0.39, 0.29) is 12.7 Å². The number of nitrogens with one attached hydrogen (secondary N) is 1. The number of amides is 1. The van der Waals surface area contributed by atoms with Crippen molar-refractivity contribution in [3.05, 3.63) is 89.5 Å².